The summed E-state index contributed by atoms with van der Waals surface area (Å²) >= 11 is 3.49. The summed E-state index contributed by atoms with van der Waals surface area (Å²) in [6, 6.07) is 18.3. The summed E-state index contributed by atoms with van der Waals surface area (Å²) in [4.78, 5) is 14.8. The number of nitrogens with zero attached hydrogens (tertiary/aromatic N) is 1. The first-order valence-electron chi connectivity index (χ1n) is 8.65. The number of carbonyl (C=O) groups is 1. The Hall–Kier alpha value is -2.07. The number of hydrogen-bond donors (Lipinski definition) is 0. The molecule has 2 aromatic rings. The van der Waals surface area contributed by atoms with Gasteiger partial charge in [-0.05, 0) is 36.1 Å². The highest BCUT2D eigenvalue weighted by atomic mass is 79.9. The maximum absolute atomic E-state index is 12.9. The largest absolute Gasteiger partial charge is 0.445 e. The Morgan fingerprint density at radius 3 is 2.48 bits per heavy atom. The van der Waals surface area contributed by atoms with E-state index in [0.717, 1.165) is 22.9 Å². The molecule has 3 aliphatic rings. The number of ether oxygens (including phenoxy) is 1. The lowest BCUT2D eigenvalue weighted by atomic mass is 9.77. The van der Waals surface area contributed by atoms with Crippen molar-refractivity contribution in [1.82, 2.24) is 4.90 Å². The van der Waals surface area contributed by atoms with E-state index in [0.29, 0.717) is 12.5 Å². The quantitative estimate of drug-likeness (QED) is 0.641. The third-order valence-electron chi connectivity index (χ3n) is 5.07. The third kappa shape index (κ3) is 3.36. The van der Waals surface area contributed by atoms with Crippen LogP contribution in [0.2, 0.25) is 0 Å². The average Bonchev–Trinajstić information content (AvgIpc) is 2.68. The van der Waals surface area contributed by atoms with Crippen molar-refractivity contribution in [2.75, 3.05) is 0 Å². The van der Waals surface area contributed by atoms with Crippen LogP contribution in [0.25, 0.3) is 0 Å². The molecular formula is C21H20BrNO2. The van der Waals surface area contributed by atoms with Gasteiger partial charge in [0.25, 0.3) is 0 Å². The van der Waals surface area contributed by atoms with E-state index in [1.807, 2.05) is 47.4 Å². The van der Waals surface area contributed by atoms with Crippen molar-refractivity contribution in [2.24, 2.45) is 5.92 Å². The van der Waals surface area contributed by atoms with Gasteiger partial charge < -0.3 is 4.74 Å². The van der Waals surface area contributed by atoms with Crippen LogP contribution >= 0.6 is 15.9 Å². The number of fused-ring (bicyclic) bond motifs is 2. The van der Waals surface area contributed by atoms with Crippen molar-refractivity contribution in [3.05, 3.63) is 82.3 Å². The van der Waals surface area contributed by atoms with Crippen LogP contribution in [0.5, 0.6) is 0 Å². The lowest BCUT2D eigenvalue weighted by Crippen LogP contribution is -2.50. The van der Waals surface area contributed by atoms with E-state index < -0.39 is 0 Å². The summed E-state index contributed by atoms with van der Waals surface area (Å²) in [6.07, 6.45) is 6.32. The van der Waals surface area contributed by atoms with Crippen molar-refractivity contribution in [3.63, 3.8) is 0 Å². The summed E-state index contributed by atoms with van der Waals surface area (Å²) in [7, 11) is 0. The Balaban J connectivity index is 1.56. The molecule has 4 heteroatoms. The van der Waals surface area contributed by atoms with Crippen LogP contribution in [0.3, 0.4) is 0 Å². The lowest BCUT2D eigenvalue weighted by Gasteiger charge is -2.47. The monoisotopic (exact) mass is 397 g/mol. The van der Waals surface area contributed by atoms with Gasteiger partial charge >= 0.3 is 6.09 Å². The van der Waals surface area contributed by atoms with Crippen LogP contribution in [0, 0.1) is 5.92 Å². The molecule has 128 valence electrons. The molecule has 1 amide bonds. The Kier molecular flexibility index (Phi) is 4.62. The zero-order valence-corrected chi connectivity index (χ0v) is 15.4. The van der Waals surface area contributed by atoms with E-state index in [1.54, 1.807) is 0 Å². The van der Waals surface area contributed by atoms with Gasteiger partial charge in [-0.25, -0.2) is 4.79 Å². The summed E-state index contributed by atoms with van der Waals surface area (Å²) < 4.78 is 6.69. The highest BCUT2D eigenvalue weighted by Crippen LogP contribution is 2.44. The molecule has 0 saturated carbocycles. The van der Waals surface area contributed by atoms with Crippen LogP contribution in [0.15, 0.2) is 71.2 Å². The minimum absolute atomic E-state index is 0.0557. The van der Waals surface area contributed by atoms with Crippen molar-refractivity contribution < 1.29 is 9.53 Å². The molecule has 1 fully saturated rings. The van der Waals surface area contributed by atoms with E-state index in [1.165, 1.54) is 5.56 Å². The molecule has 2 aromatic carbocycles. The molecule has 3 atom stereocenters. The molecule has 2 bridgehead atoms. The Bertz CT molecular complexity index is 772. The Morgan fingerprint density at radius 2 is 1.80 bits per heavy atom. The third-order valence-corrected chi connectivity index (χ3v) is 5.59. The molecule has 3 unspecified atom stereocenters. The van der Waals surface area contributed by atoms with Crippen molar-refractivity contribution in [3.8, 4) is 0 Å². The van der Waals surface area contributed by atoms with Gasteiger partial charge in [0.15, 0.2) is 0 Å². The van der Waals surface area contributed by atoms with Crippen molar-refractivity contribution in [1.29, 1.82) is 0 Å². The molecule has 1 aliphatic carbocycles. The second-order valence-corrected chi connectivity index (χ2v) is 7.55. The van der Waals surface area contributed by atoms with E-state index in [4.69, 9.17) is 4.74 Å². The van der Waals surface area contributed by atoms with E-state index in [-0.39, 0.29) is 18.2 Å². The fourth-order valence-corrected chi connectivity index (χ4v) is 4.11. The van der Waals surface area contributed by atoms with Crippen LogP contribution in [-0.4, -0.2) is 17.0 Å². The molecule has 3 nitrogen and oxygen atoms in total. The maximum atomic E-state index is 12.9. The minimum atomic E-state index is -0.226. The number of carbonyl (C=O) groups excluding carboxylic acids is 1. The van der Waals surface area contributed by atoms with E-state index in [9.17, 15) is 4.79 Å². The first-order chi connectivity index (χ1) is 12.2. The zero-order chi connectivity index (χ0) is 17.2. The molecule has 2 aliphatic heterocycles. The van der Waals surface area contributed by atoms with Gasteiger partial charge in [-0.3, -0.25) is 4.90 Å². The summed E-state index contributed by atoms with van der Waals surface area (Å²) in [6.45, 7) is 0.310. The highest BCUT2D eigenvalue weighted by Gasteiger charge is 2.42. The van der Waals surface area contributed by atoms with E-state index >= 15 is 0 Å². The van der Waals surface area contributed by atoms with Crippen molar-refractivity contribution >= 4 is 22.0 Å². The fraction of sp³-hybridized carbons (Fsp3) is 0.286. The van der Waals surface area contributed by atoms with Gasteiger partial charge in [0.05, 0.1) is 12.1 Å². The number of amides is 1. The van der Waals surface area contributed by atoms with Crippen LogP contribution in [-0.2, 0) is 11.3 Å². The molecule has 1 saturated heterocycles. The van der Waals surface area contributed by atoms with Crippen LogP contribution in [0.4, 0.5) is 4.79 Å². The number of piperidine rings is 1. The van der Waals surface area contributed by atoms with Gasteiger partial charge in [0, 0.05) is 10.4 Å². The minimum Gasteiger partial charge on any atom is -0.445 e. The Labute approximate surface area is 156 Å². The predicted octanol–water partition coefficient (Wildman–Crippen LogP) is 5.48. The number of rotatable bonds is 3. The van der Waals surface area contributed by atoms with Gasteiger partial charge in [-0.15, -0.1) is 0 Å². The number of halogens is 1. The molecule has 2 heterocycles. The summed E-state index contributed by atoms with van der Waals surface area (Å²) in [5, 5.41) is 0. The lowest BCUT2D eigenvalue weighted by molar-refractivity contribution is 0.0325. The van der Waals surface area contributed by atoms with Gasteiger partial charge in [-0.2, -0.15) is 0 Å². The molecule has 25 heavy (non-hydrogen) atoms. The van der Waals surface area contributed by atoms with Crippen molar-refractivity contribution in [2.45, 2.75) is 31.5 Å². The first kappa shape index (κ1) is 16.4. The second kappa shape index (κ2) is 7.04. The topological polar surface area (TPSA) is 29.5 Å². The van der Waals surface area contributed by atoms with Crippen LogP contribution < -0.4 is 0 Å². The molecule has 0 N–H and O–H groups in total. The average molecular weight is 398 g/mol. The van der Waals surface area contributed by atoms with Gasteiger partial charge in [0.2, 0.25) is 0 Å². The van der Waals surface area contributed by atoms with Gasteiger partial charge in [0.1, 0.15) is 6.61 Å². The number of benzene rings is 2. The normalized spacial score (nSPS) is 24.4. The first-order valence-corrected chi connectivity index (χ1v) is 9.44. The molecule has 0 spiro atoms. The summed E-state index contributed by atoms with van der Waals surface area (Å²) in [5.74, 6) is 0.357. The fourth-order valence-electron chi connectivity index (χ4n) is 3.84. The zero-order valence-electron chi connectivity index (χ0n) is 13.8. The van der Waals surface area contributed by atoms with Gasteiger partial charge in [-0.1, -0.05) is 70.5 Å². The van der Waals surface area contributed by atoms with Crippen LogP contribution in [0.1, 0.15) is 30.0 Å². The molecule has 0 aromatic heterocycles. The SMILES string of the molecule is O=C(OCc1ccccc1)N1C2C=CC(CC2)C1c1ccc(Br)cc1. The standard InChI is InChI=1S/C21H20BrNO2/c22-18-10-6-16(7-11-18)20-17-8-12-19(13-9-17)23(20)21(24)25-14-15-4-2-1-3-5-15/h1-8,10-12,17,19-20H,9,13-14H2. The smallest absolute Gasteiger partial charge is 0.411 e. The van der Waals surface area contributed by atoms with E-state index in [2.05, 4.69) is 40.2 Å². The Morgan fingerprint density at radius 1 is 1.04 bits per heavy atom. The maximum Gasteiger partial charge on any atom is 0.411 e. The molecular weight excluding hydrogens is 378 g/mol. The molecule has 5 rings (SSSR count). The number of hydrogen-bond acceptors (Lipinski definition) is 2. The second-order valence-electron chi connectivity index (χ2n) is 6.64. The summed E-state index contributed by atoms with van der Waals surface area (Å²) in [5.41, 5.74) is 2.17. The highest BCUT2D eigenvalue weighted by molar-refractivity contribution is 9.10. The molecule has 0 radical (unpaired) electrons. The predicted molar refractivity (Wildman–Crippen MR) is 101 cm³/mol.